The molecule has 2 heterocycles. The molecule has 2 aliphatic heterocycles. The summed E-state index contributed by atoms with van der Waals surface area (Å²) in [5.41, 5.74) is 6.63. The third kappa shape index (κ3) is 4.16. The van der Waals surface area contributed by atoms with E-state index in [2.05, 4.69) is 17.8 Å². The van der Waals surface area contributed by atoms with E-state index in [0.29, 0.717) is 37.8 Å². The summed E-state index contributed by atoms with van der Waals surface area (Å²) in [6.45, 7) is 4.10. The minimum atomic E-state index is -0.416. The van der Waals surface area contributed by atoms with E-state index in [-0.39, 0.29) is 17.9 Å². The number of nitrogens with zero attached hydrogens (tertiary/aromatic N) is 2. The summed E-state index contributed by atoms with van der Waals surface area (Å²) in [7, 11) is 0. The fraction of sp³-hybridized carbons (Fsp3) is 0.556. The molecular formula is C18H25FN4O2. The zero-order valence-electron chi connectivity index (χ0n) is 14.5. The average Bonchev–Trinajstić information content (AvgIpc) is 3.09. The number of amides is 2. The van der Waals surface area contributed by atoms with E-state index in [1.807, 2.05) is 4.90 Å². The topological polar surface area (TPSA) is 64.7 Å². The molecule has 1 aromatic rings. The van der Waals surface area contributed by atoms with Crippen molar-refractivity contribution in [3.8, 4) is 0 Å². The van der Waals surface area contributed by atoms with Crippen molar-refractivity contribution >= 4 is 11.8 Å². The quantitative estimate of drug-likeness (QED) is 0.857. The molecule has 0 aromatic heterocycles. The number of carbonyl (C=O) groups excluding carboxylic acids is 2. The number of hydrogen-bond acceptors (Lipinski definition) is 4. The summed E-state index contributed by atoms with van der Waals surface area (Å²) in [6.07, 6.45) is 2.93. The van der Waals surface area contributed by atoms with Gasteiger partial charge in [-0.05, 0) is 31.0 Å². The molecule has 0 radical (unpaired) electrons. The first kappa shape index (κ1) is 17.8. The first-order valence-electron chi connectivity index (χ1n) is 8.93. The van der Waals surface area contributed by atoms with Crippen LogP contribution in [-0.4, -0.2) is 59.9 Å². The van der Waals surface area contributed by atoms with Crippen molar-refractivity contribution in [2.75, 3.05) is 26.2 Å². The number of nitrogens with one attached hydrogen (secondary N) is 2. The molecule has 136 valence electrons. The molecule has 6 nitrogen and oxygen atoms in total. The number of halogens is 1. The minimum absolute atomic E-state index is 0.0870. The molecular weight excluding hydrogens is 323 g/mol. The van der Waals surface area contributed by atoms with E-state index >= 15 is 0 Å². The van der Waals surface area contributed by atoms with Crippen LogP contribution in [0, 0.1) is 5.82 Å². The van der Waals surface area contributed by atoms with Crippen molar-refractivity contribution in [2.24, 2.45) is 0 Å². The van der Waals surface area contributed by atoms with Crippen LogP contribution in [0.5, 0.6) is 0 Å². The van der Waals surface area contributed by atoms with E-state index in [1.165, 1.54) is 18.2 Å². The highest BCUT2D eigenvalue weighted by molar-refractivity contribution is 5.94. The van der Waals surface area contributed by atoms with Crippen LogP contribution in [-0.2, 0) is 4.79 Å². The van der Waals surface area contributed by atoms with E-state index < -0.39 is 5.82 Å². The fourth-order valence-electron chi connectivity index (χ4n) is 3.48. The first-order chi connectivity index (χ1) is 12.1. The van der Waals surface area contributed by atoms with Gasteiger partial charge in [-0.15, -0.1) is 0 Å². The predicted molar refractivity (Wildman–Crippen MR) is 92.3 cm³/mol. The molecule has 2 saturated heterocycles. The van der Waals surface area contributed by atoms with E-state index in [0.717, 1.165) is 19.3 Å². The standard InChI is InChI=1S/C18H25FN4O2/c1-2-4-15-12-16(21-20-15)18(25)23-9-7-22(8-10-23)17(24)13-5-3-6-14(19)11-13/h3,5-6,11,15-16,20-21H,2,4,7-10,12H2,1H3. The Kier molecular flexibility index (Phi) is 5.65. The summed E-state index contributed by atoms with van der Waals surface area (Å²) in [5.74, 6) is -0.514. The molecule has 0 spiro atoms. The zero-order chi connectivity index (χ0) is 17.8. The number of hydrazine groups is 1. The second-order valence-corrected chi connectivity index (χ2v) is 6.69. The predicted octanol–water partition coefficient (Wildman–Crippen LogP) is 1.15. The lowest BCUT2D eigenvalue weighted by Gasteiger charge is -2.36. The highest BCUT2D eigenvalue weighted by atomic mass is 19.1. The maximum Gasteiger partial charge on any atom is 0.254 e. The lowest BCUT2D eigenvalue weighted by molar-refractivity contribution is -0.134. The smallest absolute Gasteiger partial charge is 0.254 e. The van der Waals surface area contributed by atoms with Crippen LogP contribution in [0.4, 0.5) is 4.39 Å². The maximum absolute atomic E-state index is 13.3. The Balaban J connectivity index is 1.52. The average molecular weight is 348 g/mol. The van der Waals surface area contributed by atoms with Gasteiger partial charge in [0.25, 0.3) is 5.91 Å². The molecule has 2 atom stereocenters. The van der Waals surface area contributed by atoms with Crippen LogP contribution >= 0.6 is 0 Å². The van der Waals surface area contributed by atoms with Crippen LogP contribution in [0.15, 0.2) is 24.3 Å². The Labute approximate surface area is 147 Å². The van der Waals surface area contributed by atoms with Gasteiger partial charge < -0.3 is 9.80 Å². The number of hydrogen-bond donors (Lipinski definition) is 2. The van der Waals surface area contributed by atoms with Gasteiger partial charge in [-0.3, -0.25) is 15.0 Å². The lowest BCUT2D eigenvalue weighted by Crippen LogP contribution is -2.54. The first-order valence-corrected chi connectivity index (χ1v) is 8.93. The number of rotatable bonds is 4. The summed E-state index contributed by atoms with van der Waals surface area (Å²) in [6, 6.07) is 5.87. The van der Waals surface area contributed by atoms with Crippen LogP contribution in [0.1, 0.15) is 36.5 Å². The van der Waals surface area contributed by atoms with Gasteiger partial charge in [0.1, 0.15) is 11.9 Å². The Bertz CT molecular complexity index is 631. The Morgan fingerprint density at radius 1 is 1.16 bits per heavy atom. The molecule has 2 amide bonds. The van der Waals surface area contributed by atoms with Gasteiger partial charge in [0, 0.05) is 37.8 Å². The van der Waals surface area contributed by atoms with E-state index in [4.69, 9.17) is 0 Å². The number of benzene rings is 1. The third-order valence-electron chi connectivity index (χ3n) is 4.87. The second kappa shape index (κ2) is 7.93. The van der Waals surface area contributed by atoms with Crippen molar-refractivity contribution in [3.63, 3.8) is 0 Å². The Hall–Kier alpha value is -1.99. The minimum Gasteiger partial charge on any atom is -0.338 e. The van der Waals surface area contributed by atoms with Crippen molar-refractivity contribution in [1.29, 1.82) is 0 Å². The summed E-state index contributed by atoms with van der Waals surface area (Å²) in [5, 5.41) is 0. The molecule has 0 aliphatic carbocycles. The molecule has 25 heavy (non-hydrogen) atoms. The monoisotopic (exact) mass is 348 g/mol. The van der Waals surface area contributed by atoms with Gasteiger partial charge >= 0.3 is 0 Å². The SMILES string of the molecule is CCCC1CC(C(=O)N2CCN(C(=O)c3cccc(F)c3)CC2)NN1. The van der Waals surface area contributed by atoms with Gasteiger partial charge in [-0.2, -0.15) is 0 Å². The van der Waals surface area contributed by atoms with Crippen LogP contribution in [0.3, 0.4) is 0 Å². The molecule has 0 saturated carbocycles. The molecule has 7 heteroatoms. The van der Waals surface area contributed by atoms with Crippen molar-refractivity contribution in [1.82, 2.24) is 20.7 Å². The van der Waals surface area contributed by atoms with Gasteiger partial charge in [-0.1, -0.05) is 19.4 Å². The molecule has 3 rings (SSSR count). The van der Waals surface area contributed by atoms with Gasteiger partial charge in [0.05, 0.1) is 0 Å². The summed E-state index contributed by atoms with van der Waals surface area (Å²) >= 11 is 0. The van der Waals surface area contributed by atoms with Gasteiger partial charge in [0.15, 0.2) is 0 Å². The van der Waals surface area contributed by atoms with E-state index in [9.17, 15) is 14.0 Å². The fourth-order valence-corrected chi connectivity index (χ4v) is 3.48. The normalized spacial score (nSPS) is 23.8. The molecule has 2 unspecified atom stereocenters. The van der Waals surface area contributed by atoms with Crippen molar-refractivity contribution in [3.05, 3.63) is 35.6 Å². The molecule has 2 aliphatic rings. The highest BCUT2D eigenvalue weighted by Gasteiger charge is 2.33. The Morgan fingerprint density at radius 3 is 2.56 bits per heavy atom. The molecule has 2 N–H and O–H groups in total. The van der Waals surface area contributed by atoms with Crippen LogP contribution in [0.2, 0.25) is 0 Å². The van der Waals surface area contributed by atoms with Crippen molar-refractivity contribution in [2.45, 2.75) is 38.3 Å². The highest BCUT2D eigenvalue weighted by Crippen LogP contribution is 2.15. The van der Waals surface area contributed by atoms with Crippen LogP contribution < -0.4 is 10.9 Å². The maximum atomic E-state index is 13.3. The molecule has 0 bridgehead atoms. The zero-order valence-corrected chi connectivity index (χ0v) is 14.5. The summed E-state index contributed by atoms with van der Waals surface area (Å²) < 4.78 is 13.3. The molecule has 1 aromatic carbocycles. The van der Waals surface area contributed by atoms with Crippen molar-refractivity contribution < 1.29 is 14.0 Å². The second-order valence-electron chi connectivity index (χ2n) is 6.69. The van der Waals surface area contributed by atoms with E-state index in [1.54, 1.807) is 11.0 Å². The third-order valence-corrected chi connectivity index (χ3v) is 4.87. The summed E-state index contributed by atoms with van der Waals surface area (Å²) in [4.78, 5) is 28.5. The lowest BCUT2D eigenvalue weighted by atomic mass is 10.0. The van der Waals surface area contributed by atoms with Crippen LogP contribution in [0.25, 0.3) is 0 Å². The largest absolute Gasteiger partial charge is 0.338 e. The van der Waals surface area contributed by atoms with Gasteiger partial charge in [0.2, 0.25) is 5.91 Å². The molecule has 2 fully saturated rings. The van der Waals surface area contributed by atoms with Gasteiger partial charge in [-0.25, -0.2) is 9.82 Å². The Morgan fingerprint density at radius 2 is 1.88 bits per heavy atom. The number of piperazine rings is 1. The number of carbonyl (C=O) groups is 2.